The number of thiazole rings is 1. The second-order valence-corrected chi connectivity index (χ2v) is 10.4. The van der Waals surface area contributed by atoms with Crippen LogP contribution in [0.15, 0.2) is 48.5 Å². The summed E-state index contributed by atoms with van der Waals surface area (Å²) in [5, 5.41) is 1.02. The second kappa shape index (κ2) is 12.1. The fraction of sp³-hybridized carbons (Fsp3) is 0.400. The minimum absolute atomic E-state index is 0.294. The highest BCUT2D eigenvalue weighted by atomic mass is 32.2. The van der Waals surface area contributed by atoms with Crippen LogP contribution in [0, 0.1) is 0 Å². The van der Waals surface area contributed by atoms with Crippen LogP contribution in [-0.4, -0.2) is 25.3 Å². The van der Waals surface area contributed by atoms with Gasteiger partial charge in [0.25, 0.3) is 5.01 Å². The Morgan fingerprint density at radius 3 is 2.47 bits per heavy atom. The van der Waals surface area contributed by atoms with E-state index in [4.69, 9.17) is 4.74 Å². The predicted molar refractivity (Wildman–Crippen MR) is 131 cm³/mol. The van der Waals surface area contributed by atoms with Crippen LogP contribution in [0.3, 0.4) is 0 Å². The van der Waals surface area contributed by atoms with Crippen molar-refractivity contribution in [2.45, 2.75) is 52.0 Å². The predicted octanol–water partition coefficient (Wildman–Crippen LogP) is 5.64. The summed E-state index contributed by atoms with van der Waals surface area (Å²) in [5.41, 5.74) is 2.11. The molecule has 1 heterocycles. The number of hydrogen-bond acceptors (Lipinski definition) is 5. The summed E-state index contributed by atoms with van der Waals surface area (Å²) in [7, 11) is -4.21. The zero-order chi connectivity index (χ0) is 22.8. The molecule has 3 rings (SSSR count). The number of unbranched alkanes of at least 4 members (excludes halogenated alkanes) is 4. The van der Waals surface area contributed by atoms with Gasteiger partial charge in [-0.2, -0.15) is 4.57 Å². The summed E-state index contributed by atoms with van der Waals surface area (Å²) in [4.78, 5) is 0. The van der Waals surface area contributed by atoms with Gasteiger partial charge in [-0.1, -0.05) is 68.2 Å². The summed E-state index contributed by atoms with van der Waals surface area (Å²) < 4.78 is 42.0. The highest BCUT2D eigenvalue weighted by Crippen LogP contribution is 2.23. The first kappa shape index (κ1) is 24.4. The third-order valence-corrected chi connectivity index (χ3v) is 7.15. The lowest BCUT2D eigenvalue weighted by molar-refractivity contribution is -0.668. The lowest BCUT2D eigenvalue weighted by atomic mass is 10.2. The van der Waals surface area contributed by atoms with Crippen molar-refractivity contribution in [1.29, 1.82) is 0 Å². The second-order valence-electron chi connectivity index (χ2n) is 7.84. The number of fused-ring (bicyclic) bond motifs is 1. The van der Waals surface area contributed by atoms with E-state index in [1.54, 1.807) is 11.3 Å². The molecule has 5 nitrogen and oxygen atoms in total. The first-order valence-electron chi connectivity index (χ1n) is 11.2. The van der Waals surface area contributed by atoms with E-state index in [2.05, 4.69) is 11.5 Å². The molecule has 0 bridgehead atoms. The molecule has 1 aromatic heterocycles. The molecule has 0 spiro atoms. The molecule has 0 aliphatic rings. The monoisotopic (exact) mass is 473 g/mol. The number of benzene rings is 2. The van der Waals surface area contributed by atoms with Gasteiger partial charge in [0.2, 0.25) is 5.52 Å². The summed E-state index contributed by atoms with van der Waals surface area (Å²) in [6.45, 7) is 3.45. The standard InChI is InChI=1S/C25H31NO4S2/c1-2-3-4-5-8-19-30-22-15-12-21(13-16-22)14-17-25-26(18-9-20-32(27,28)29)23-10-6-7-11-24(23)31-25/h6-7,10-17H,2-5,8-9,18-20H2,1H3/b17-14+. The maximum Gasteiger partial charge on any atom is 0.262 e. The van der Waals surface area contributed by atoms with E-state index in [-0.39, 0.29) is 5.75 Å². The van der Waals surface area contributed by atoms with Crippen molar-refractivity contribution in [1.82, 2.24) is 0 Å². The Labute approximate surface area is 195 Å². The Balaban J connectivity index is 1.64. The van der Waals surface area contributed by atoms with Crippen molar-refractivity contribution < 1.29 is 22.3 Å². The Hall–Kier alpha value is -2.22. The third kappa shape index (κ3) is 7.73. The number of aromatic nitrogens is 1. The molecule has 0 atom stereocenters. The highest BCUT2D eigenvalue weighted by molar-refractivity contribution is 7.85. The summed E-state index contributed by atoms with van der Waals surface area (Å²) in [5.74, 6) is 0.529. The van der Waals surface area contributed by atoms with Gasteiger partial charge in [-0.25, -0.2) is 8.42 Å². The smallest absolute Gasteiger partial charge is 0.262 e. The zero-order valence-electron chi connectivity index (χ0n) is 18.5. The minimum Gasteiger partial charge on any atom is -0.748 e. The largest absolute Gasteiger partial charge is 0.748 e. The maximum absolute atomic E-state index is 11.0. The molecule has 0 aliphatic heterocycles. The van der Waals surface area contributed by atoms with Crippen LogP contribution >= 0.6 is 11.3 Å². The molecule has 2 aromatic carbocycles. The van der Waals surface area contributed by atoms with Crippen LogP contribution in [0.25, 0.3) is 22.4 Å². The summed E-state index contributed by atoms with van der Waals surface area (Å²) in [6, 6.07) is 16.1. The minimum atomic E-state index is -4.21. The summed E-state index contributed by atoms with van der Waals surface area (Å²) in [6.07, 6.45) is 10.5. The lowest BCUT2D eigenvalue weighted by Gasteiger charge is -2.06. The van der Waals surface area contributed by atoms with Crippen LogP contribution in [0.5, 0.6) is 5.75 Å². The van der Waals surface area contributed by atoms with Crippen molar-refractivity contribution in [3.05, 3.63) is 59.1 Å². The molecule has 0 radical (unpaired) electrons. The van der Waals surface area contributed by atoms with Gasteiger partial charge in [-0.05, 0) is 36.3 Å². The van der Waals surface area contributed by atoms with E-state index in [0.29, 0.717) is 13.0 Å². The number of hydrogen-bond donors (Lipinski definition) is 0. The molecule has 0 aliphatic carbocycles. The van der Waals surface area contributed by atoms with E-state index < -0.39 is 10.1 Å². The molecule has 0 N–H and O–H groups in total. The SMILES string of the molecule is CCCCCCCOc1ccc(/C=C/c2sc3ccccc3[n+]2CCCS(=O)(=O)[O-])cc1. The fourth-order valence-corrected chi connectivity index (χ4v) is 5.12. The third-order valence-electron chi connectivity index (χ3n) is 5.23. The van der Waals surface area contributed by atoms with Gasteiger partial charge in [0.05, 0.1) is 16.7 Å². The Kier molecular flexibility index (Phi) is 9.26. The Morgan fingerprint density at radius 1 is 0.969 bits per heavy atom. The topological polar surface area (TPSA) is 70.3 Å². The Bertz CT molecular complexity index is 1120. The average molecular weight is 474 g/mol. The molecule has 0 fully saturated rings. The van der Waals surface area contributed by atoms with Gasteiger partial charge in [0.15, 0.2) is 6.54 Å². The molecule has 0 saturated heterocycles. The quantitative estimate of drug-likeness (QED) is 0.183. The molecule has 0 saturated carbocycles. The number of aryl methyl sites for hydroxylation is 1. The van der Waals surface area contributed by atoms with Gasteiger partial charge in [-0.3, -0.25) is 0 Å². The van der Waals surface area contributed by atoms with Crippen molar-refractivity contribution in [2.75, 3.05) is 12.4 Å². The van der Waals surface area contributed by atoms with Crippen LogP contribution in [-0.2, 0) is 16.7 Å². The van der Waals surface area contributed by atoms with Crippen molar-refractivity contribution in [3.63, 3.8) is 0 Å². The molecule has 32 heavy (non-hydrogen) atoms. The highest BCUT2D eigenvalue weighted by Gasteiger charge is 2.18. The van der Waals surface area contributed by atoms with Crippen LogP contribution in [0.1, 0.15) is 56.0 Å². The van der Waals surface area contributed by atoms with Gasteiger partial charge < -0.3 is 9.29 Å². The number of ether oxygens (including phenoxy) is 1. The van der Waals surface area contributed by atoms with Crippen molar-refractivity contribution >= 4 is 43.8 Å². The summed E-state index contributed by atoms with van der Waals surface area (Å²) >= 11 is 1.65. The van der Waals surface area contributed by atoms with E-state index in [9.17, 15) is 13.0 Å². The molecule has 0 unspecified atom stereocenters. The number of rotatable bonds is 13. The van der Waals surface area contributed by atoms with E-state index in [1.807, 2.05) is 60.7 Å². The molecule has 172 valence electrons. The van der Waals surface area contributed by atoms with Gasteiger partial charge in [0, 0.05) is 24.3 Å². The van der Waals surface area contributed by atoms with Gasteiger partial charge in [-0.15, -0.1) is 0 Å². The van der Waals surface area contributed by atoms with E-state index >= 15 is 0 Å². The van der Waals surface area contributed by atoms with Gasteiger partial charge in [0.1, 0.15) is 10.4 Å². The lowest BCUT2D eigenvalue weighted by Crippen LogP contribution is -2.35. The average Bonchev–Trinajstić information content (AvgIpc) is 3.12. The van der Waals surface area contributed by atoms with Crippen LogP contribution in [0.4, 0.5) is 0 Å². The van der Waals surface area contributed by atoms with Crippen LogP contribution < -0.4 is 9.30 Å². The number of para-hydroxylation sites is 1. The number of nitrogens with zero attached hydrogens (tertiary/aromatic N) is 1. The Morgan fingerprint density at radius 2 is 1.72 bits per heavy atom. The van der Waals surface area contributed by atoms with Crippen LogP contribution in [0.2, 0.25) is 0 Å². The molecular formula is C25H31NO4S2. The normalized spacial score (nSPS) is 12.1. The maximum atomic E-state index is 11.0. The van der Waals surface area contributed by atoms with Crippen molar-refractivity contribution in [2.24, 2.45) is 0 Å². The van der Waals surface area contributed by atoms with E-state index in [1.165, 1.54) is 25.7 Å². The first-order valence-corrected chi connectivity index (χ1v) is 13.6. The van der Waals surface area contributed by atoms with E-state index in [0.717, 1.165) is 39.6 Å². The molecule has 3 aromatic rings. The molecule has 0 amide bonds. The van der Waals surface area contributed by atoms with Gasteiger partial charge >= 0.3 is 0 Å². The first-order chi connectivity index (χ1) is 15.5. The molecular weight excluding hydrogens is 442 g/mol. The van der Waals surface area contributed by atoms with Crippen molar-refractivity contribution in [3.8, 4) is 5.75 Å². The zero-order valence-corrected chi connectivity index (χ0v) is 20.2. The molecule has 7 heteroatoms. The fourth-order valence-electron chi connectivity index (χ4n) is 3.55.